The third kappa shape index (κ3) is 3.73. The van der Waals surface area contributed by atoms with Gasteiger partial charge in [0.1, 0.15) is 8.39 Å². The molecule has 5 nitrogen and oxygen atoms in total. The Balaban J connectivity index is 1.85. The second-order valence-corrected chi connectivity index (χ2v) is 9.57. The van der Waals surface area contributed by atoms with Crippen LogP contribution in [0.3, 0.4) is 0 Å². The number of benzene rings is 1. The number of tetrazole rings is 1. The predicted octanol–water partition coefficient (Wildman–Crippen LogP) is 4.91. The Morgan fingerprint density at radius 1 is 1.23 bits per heavy atom. The molecule has 0 N–H and O–H groups in total. The molecule has 0 saturated heterocycles. The van der Waals surface area contributed by atoms with Crippen LogP contribution in [0.4, 0.5) is 0 Å². The van der Waals surface area contributed by atoms with E-state index in [4.69, 9.17) is 0 Å². The maximum atomic E-state index is 4.40. The van der Waals surface area contributed by atoms with Crippen molar-refractivity contribution >= 4 is 66.7 Å². The van der Waals surface area contributed by atoms with Crippen molar-refractivity contribution in [3.63, 3.8) is 0 Å². The third-order valence-electron chi connectivity index (χ3n) is 2.54. The van der Waals surface area contributed by atoms with Gasteiger partial charge in [-0.1, -0.05) is 18.3 Å². The zero-order valence-corrected chi connectivity index (χ0v) is 16.9. The molecule has 0 atom stereocenters. The molecule has 2 heterocycles. The summed E-state index contributed by atoms with van der Waals surface area (Å²) < 4.78 is 4.33. The van der Waals surface area contributed by atoms with Crippen LogP contribution in [0.2, 0.25) is 0 Å². The highest BCUT2D eigenvalue weighted by atomic mass is 79.9. The molecule has 3 rings (SSSR count). The molecule has 0 amide bonds. The second-order valence-electron chi connectivity index (χ2n) is 3.95. The minimum atomic E-state index is 0.685. The number of thiazole rings is 1. The summed E-state index contributed by atoms with van der Waals surface area (Å²) in [6, 6.07) is 8.20. The fraction of sp³-hybridized carbons (Fsp3) is 0.167. The van der Waals surface area contributed by atoms with Crippen molar-refractivity contribution in [3.8, 4) is 5.69 Å². The van der Waals surface area contributed by atoms with E-state index in [1.165, 1.54) is 28.0 Å². The monoisotopic (exact) mass is 477 g/mol. The maximum absolute atomic E-state index is 4.40. The lowest BCUT2D eigenvalue weighted by Gasteiger charge is -2.04. The molecular formula is C12H9Br2N5S3. The van der Waals surface area contributed by atoms with Crippen LogP contribution in [0.25, 0.3) is 5.69 Å². The molecule has 0 saturated carbocycles. The lowest BCUT2D eigenvalue weighted by atomic mass is 10.3. The Kier molecular flexibility index (Phi) is 5.55. The zero-order chi connectivity index (χ0) is 15.5. The van der Waals surface area contributed by atoms with Gasteiger partial charge in [0.15, 0.2) is 4.34 Å². The molecule has 0 unspecified atom stereocenters. The van der Waals surface area contributed by atoms with Gasteiger partial charge in [-0.15, -0.1) is 16.9 Å². The lowest BCUT2D eigenvalue weighted by Crippen LogP contribution is -1.98. The van der Waals surface area contributed by atoms with Gasteiger partial charge in [0.2, 0.25) is 5.16 Å². The summed E-state index contributed by atoms with van der Waals surface area (Å²) in [5, 5.41) is 12.6. The molecule has 0 aliphatic carbocycles. The highest BCUT2D eigenvalue weighted by Gasteiger charge is 2.14. The topological polar surface area (TPSA) is 56.5 Å². The van der Waals surface area contributed by atoms with Gasteiger partial charge in [-0.3, -0.25) is 0 Å². The third-order valence-corrected chi connectivity index (χ3v) is 7.51. The maximum Gasteiger partial charge on any atom is 0.221 e. The summed E-state index contributed by atoms with van der Waals surface area (Å²) in [5.74, 6) is 1.05. The Hall–Kier alpha value is -0.420. The van der Waals surface area contributed by atoms with Crippen LogP contribution in [-0.4, -0.2) is 30.9 Å². The molecular weight excluding hydrogens is 470 g/mol. The molecule has 22 heavy (non-hydrogen) atoms. The smallest absolute Gasteiger partial charge is 0.221 e. The first-order valence-corrected chi connectivity index (χ1v) is 10.4. The summed E-state index contributed by atoms with van der Waals surface area (Å²) >= 11 is 11.6. The van der Waals surface area contributed by atoms with Crippen molar-refractivity contribution < 1.29 is 0 Å². The van der Waals surface area contributed by atoms with Crippen molar-refractivity contribution in [2.24, 2.45) is 0 Å². The van der Waals surface area contributed by atoms with Crippen molar-refractivity contribution in [2.75, 3.05) is 5.75 Å². The fourth-order valence-electron chi connectivity index (χ4n) is 1.64. The van der Waals surface area contributed by atoms with Crippen LogP contribution in [0, 0.1) is 0 Å². The van der Waals surface area contributed by atoms with E-state index in [0.29, 0.717) is 5.16 Å². The summed E-state index contributed by atoms with van der Waals surface area (Å²) in [7, 11) is 0. The van der Waals surface area contributed by atoms with Crippen LogP contribution in [0.15, 0.2) is 47.0 Å². The number of nitrogens with zero attached hydrogens (tertiary/aromatic N) is 5. The summed E-state index contributed by atoms with van der Waals surface area (Å²) in [6.45, 7) is 2.14. The Morgan fingerprint density at radius 3 is 2.64 bits per heavy atom. The summed E-state index contributed by atoms with van der Waals surface area (Å²) in [5.41, 5.74) is 0.933. The van der Waals surface area contributed by atoms with Crippen molar-refractivity contribution in [1.29, 1.82) is 0 Å². The summed E-state index contributed by atoms with van der Waals surface area (Å²) in [6.07, 6.45) is 0. The highest BCUT2D eigenvalue weighted by molar-refractivity contribution is 9.13. The van der Waals surface area contributed by atoms with E-state index in [1.54, 1.807) is 4.68 Å². The molecule has 0 fully saturated rings. The van der Waals surface area contributed by atoms with E-state index >= 15 is 0 Å². The number of hydrogen-bond acceptors (Lipinski definition) is 7. The first kappa shape index (κ1) is 16.4. The van der Waals surface area contributed by atoms with Gasteiger partial charge in [-0.25, -0.2) is 4.98 Å². The Bertz CT molecular complexity index is 752. The molecule has 0 aliphatic rings. The van der Waals surface area contributed by atoms with Crippen molar-refractivity contribution in [3.05, 3.63) is 32.7 Å². The molecule has 1 aromatic carbocycles. The molecule has 10 heteroatoms. The van der Waals surface area contributed by atoms with Crippen molar-refractivity contribution in [2.45, 2.75) is 21.3 Å². The largest absolute Gasteiger partial charge is 0.221 e. The molecule has 114 valence electrons. The standard InChI is InChI=1S/C12H9Br2N5S3/c1-2-20-8-5-3-7(4-6-8)19-11(16-17-18-19)22-12-15-9(13)10(14)21-12/h3-6H,2H2,1H3. The van der Waals surface area contributed by atoms with Gasteiger partial charge in [0.25, 0.3) is 0 Å². The highest BCUT2D eigenvalue weighted by Crippen LogP contribution is 2.37. The van der Waals surface area contributed by atoms with Crippen LogP contribution in [0.5, 0.6) is 0 Å². The molecule has 0 aliphatic heterocycles. The SMILES string of the molecule is CCSc1ccc(-n2nnnc2Sc2nc(Br)c(Br)s2)cc1. The zero-order valence-electron chi connectivity index (χ0n) is 11.2. The van der Waals surface area contributed by atoms with Gasteiger partial charge in [-0.05, 0) is 84.1 Å². The van der Waals surface area contributed by atoms with Crippen LogP contribution < -0.4 is 0 Å². The Morgan fingerprint density at radius 2 is 2.00 bits per heavy atom. The van der Waals surface area contributed by atoms with Crippen LogP contribution >= 0.6 is 66.7 Å². The fourth-order valence-corrected chi connectivity index (χ4v) is 5.49. The summed E-state index contributed by atoms with van der Waals surface area (Å²) in [4.78, 5) is 5.63. The van der Waals surface area contributed by atoms with E-state index in [-0.39, 0.29) is 0 Å². The number of thioether (sulfide) groups is 1. The van der Waals surface area contributed by atoms with E-state index in [0.717, 1.165) is 24.2 Å². The molecule has 0 spiro atoms. The molecule has 0 bridgehead atoms. The first-order chi connectivity index (χ1) is 10.7. The Labute approximate surface area is 156 Å². The van der Waals surface area contributed by atoms with Crippen LogP contribution in [0.1, 0.15) is 6.92 Å². The molecule has 2 aromatic heterocycles. The number of aromatic nitrogens is 5. The van der Waals surface area contributed by atoms with E-state index in [2.05, 4.69) is 71.4 Å². The average Bonchev–Trinajstić information content (AvgIpc) is 3.08. The minimum absolute atomic E-state index is 0.685. The van der Waals surface area contributed by atoms with E-state index < -0.39 is 0 Å². The molecule has 0 radical (unpaired) electrons. The van der Waals surface area contributed by atoms with Gasteiger partial charge in [0, 0.05) is 4.90 Å². The van der Waals surface area contributed by atoms with E-state index in [1.807, 2.05) is 23.9 Å². The predicted molar refractivity (Wildman–Crippen MR) is 97.2 cm³/mol. The quantitative estimate of drug-likeness (QED) is 0.485. The number of hydrogen-bond donors (Lipinski definition) is 0. The van der Waals surface area contributed by atoms with Crippen molar-refractivity contribution in [1.82, 2.24) is 25.2 Å². The normalized spacial score (nSPS) is 11.0. The average molecular weight is 479 g/mol. The van der Waals surface area contributed by atoms with E-state index in [9.17, 15) is 0 Å². The first-order valence-electron chi connectivity index (χ1n) is 6.18. The lowest BCUT2D eigenvalue weighted by molar-refractivity contribution is 0.755. The number of rotatable bonds is 5. The van der Waals surface area contributed by atoms with Gasteiger partial charge in [0.05, 0.1) is 5.69 Å². The van der Waals surface area contributed by atoms with Gasteiger partial charge < -0.3 is 0 Å². The molecule has 3 aromatic rings. The van der Waals surface area contributed by atoms with Crippen LogP contribution in [-0.2, 0) is 0 Å². The minimum Gasteiger partial charge on any atom is -0.221 e. The second kappa shape index (κ2) is 7.43. The number of halogens is 2. The van der Waals surface area contributed by atoms with Gasteiger partial charge >= 0.3 is 0 Å². The van der Waals surface area contributed by atoms with Gasteiger partial charge in [-0.2, -0.15) is 4.68 Å².